The Morgan fingerprint density at radius 3 is 2.81 bits per heavy atom. The van der Waals surface area contributed by atoms with Crippen LogP contribution < -0.4 is 0 Å². The van der Waals surface area contributed by atoms with Crippen molar-refractivity contribution in [3.8, 4) is 0 Å². The van der Waals surface area contributed by atoms with Crippen molar-refractivity contribution >= 4 is 33.1 Å². The minimum absolute atomic E-state index is 0.640. The van der Waals surface area contributed by atoms with Gasteiger partial charge in [0, 0.05) is 32.6 Å². The van der Waals surface area contributed by atoms with Gasteiger partial charge in [0.15, 0.2) is 6.29 Å². The van der Waals surface area contributed by atoms with Crippen molar-refractivity contribution in [2.45, 2.75) is 25.2 Å². The smallest absolute Gasteiger partial charge is 0.150 e. The standard InChI is InChI=1S/C13H12BrNO/c14-12-11-9(7-16)5-2-6-10(11)15-13(12)8-3-1-4-8/h2,5-8,15H,1,3-4H2. The number of aromatic amines is 1. The van der Waals surface area contributed by atoms with Crippen LogP contribution in [0.25, 0.3) is 10.9 Å². The second-order valence-electron chi connectivity index (χ2n) is 4.37. The Labute approximate surface area is 102 Å². The molecule has 0 amide bonds. The third-order valence-electron chi connectivity index (χ3n) is 3.46. The summed E-state index contributed by atoms with van der Waals surface area (Å²) >= 11 is 3.63. The molecule has 0 aliphatic heterocycles. The monoisotopic (exact) mass is 277 g/mol. The van der Waals surface area contributed by atoms with Gasteiger partial charge in [-0.2, -0.15) is 0 Å². The number of aromatic nitrogens is 1. The fraction of sp³-hybridized carbons (Fsp3) is 0.308. The number of H-pyrrole nitrogens is 1. The number of carbonyl (C=O) groups is 1. The molecule has 1 N–H and O–H groups in total. The fourth-order valence-electron chi connectivity index (χ4n) is 2.33. The molecule has 1 aromatic heterocycles. The number of benzene rings is 1. The van der Waals surface area contributed by atoms with Gasteiger partial charge in [0.05, 0.1) is 0 Å². The van der Waals surface area contributed by atoms with Crippen LogP contribution in [0.3, 0.4) is 0 Å². The highest BCUT2D eigenvalue weighted by Gasteiger charge is 2.25. The van der Waals surface area contributed by atoms with E-state index in [0.29, 0.717) is 5.92 Å². The van der Waals surface area contributed by atoms with Gasteiger partial charge in [-0.05, 0) is 34.8 Å². The third-order valence-corrected chi connectivity index (χ3v) is 4.29. The van der Waals surface area contributed by atoms with Crippen molar-refractivity contribution in [1.82, 2.24) is 4.98 Å². The molecule has 2 aromatic rings. The van der Waals surface area contributed by atoms with Crippen LogP contribution in [0.4, 0.5) is 0 Å². The first-order valence-electron chi connectivity index (χ1n) is 5.56. The number of hydrogen-bond donors (Lipinski definition) is 1. The van der Waals surface area contributed by atoms with E-state index in [1.165, 1.54) is 25.0 Å². The highest BCUT2D eigenvalue weighted by Crippen LogP contribution is 2.42. The largest absolute Gasteiger partial charge is 0.357 e. The Kier molecular flexibility index (Phi) is 2.36. The van der Waals surface area contributed by atoms with Gasteiger partial charge in [-0.1, -0.05) is 18.6 Å². The lowest BCUT2D eigenvalue weighted by Crippen LogP contribution is -2.09. The van der Waals surface area contributed by atoms with Gasteiger partial charge < -0.3 is 4.98 Å². The SMILES string of the molecule is O=Cc1cccc2[nH]c(C3CCC3)c(Br)c12. The lowest BCUT2D eigenvalue weighted by molar-refractivity contribution is 0.112. The normalized spacial score (nSPS) is 16.3. The summed E-state index contributed by atoms with van der Waals surface area (Å²) in [5.74, 6) is 0.640. The summed E-state index contributed by atoms with van der Waals surface area (Å²) in [6, 6.07) is 5.80. The molecule has 1 aliphatic carbocycles. The zero-order chi connectivity index (χ0) is 11.1. The number of hydrogen-bond acceptors (Lipinski definition) is 1. The van der Waals surface area contributed by atoms with Crippen LogP contribution in [0.15, 0.2) is 22.7 Å². The zero-order valence-electron chi connectivity index (χ0n) is 8.79. The number of fused-ring (bicyclic) bond motifs is 1. The molecular formula is C13H12BrNO. The molecular weight excluding hydrogens is 266 g/mol. The van der Waals surface area contributed by atoms with Crippen molar-refractivity contribution in [3.05, 3.63) is 33.9 Å². The first-order chi connectivity index (χ1) is 7.81. The van der Waals surface area contributed by atoms with Crippen LogP contribution in [0, 0.1) is 0 Å². The number of carbonyl (C=O) groups excluding carboxylic acids is 1. The van der Waals surface area contributed by atoms with E-state index < -0.39 is 0 Å². The second kappa shape index (κ2) is 3.74. The van der Waals surface area contributed by atoms with E-state index in [4.69, 9.17) is 0 Å². The summed E-state index contributed by atoms with van der Waals surface area (Å²) in [4.78, 5) is 14.4. The zero-order valence-corrected chi connectivity index (χ0v) is 10.4. The molecule has 0 atom stereocenters. The Morgan fingerprint density at radius 2 is 2.19 bits per heavy atom. The van der Waals surface area contributed by atoms with E-state index in [2.05, 4.69) is 20.9 Å². The van der Waals surface area contributed by atoms with E-state index in [1.54, 1.807) is 0 Å². The predicted molar refractivity (Wildman–Crippen MR) is 68.0 cm³/mol. The van der Waals surface area contributed by atoms with Gasteiger partial charge in [-0.25, -0.2) is 0 Å². The summed E-state index contributed by atoms with van der Waals surface area (Å²) in [6.07, 6.45) is 4.74. The maximum Gasteiger partial charge on any atom is 0.150 e. The maximum atomic E-state index is 11.0. The molecule has 0 saturated heterocycles. The van der Waals surface area contributed by atoms with Crippen LogP contribution in [0.1, 0.15) is 41.2 Å². The Hall–Kier alpha value is -1.09. The molecule has 0 unspecified atom stereocenters. The van der Waals surface area contributed by atoms with Gasteiger partial charge in [-0.15, -0.1) is 0 Å². The molecule has 0 bridgehead atoms. The lowest BCUT2D eigenvalue weighted by atomic mass is 9.83. The molecule has 1 saturated carbocycles. The average molecular weight is 278 g/mol. The van der Waals surface area contributed by atoms with E-state index >= 15 is 0 Å². The quantitative estimate of drug-likeness (QED) is 0.827. The van der Waals surface area contributed by atoms with Crippen LogP contribution in [0.2, 0.25) is 0 Å². The number of halogens is 1. The average Bonchev–Trinajstić information content (AvgIpc) is 2.54. The first-order valence-corrected chi connectivity index (χ1v) is 6.36. The molecule has 3 heteroatoms. The molecule has 1 aliphatic rings. The topological polar surface area (TPSA) is 32.9 Å². The van der Waals surface area contributed by atoms with Crippen molar-refractivity contribution in [2.24, 2.45) is 0 Å². The van der Waals surface area contributed by atoms with Crippen LogP contribution in [-0.4, -0.2) is 11.3 Å². The number of aldehydes is 1. The van der Waals surface area contributed by atoms with E-state index in [9.17, 15) is 4.79 Å². The third kappa shape index (κ3) is 1.34. The Morgan fingerprint density at radius 1 is 1.38 bits per heavy atom. The van der Waals surface area contributed by atoms with E-state index in [1.807, 2.05) is 18.2 Å². The van der Waals surface area contributed by atoms with Crippen molar-refractivity contribution in [3.63, 3.8) is 0 Å². The van der Waals surface area contributed by atoms with Gasteiger partial charge >= 0.3 is 0 Å². The summed E-state index contributed by atoms with van der Waals surface area (Å²) in [7, 11) is 0. The summed E-state index contributed by atoms with van der Waals surface area (Å²) < 4.78 is 1.08. The Bertz CT molecular complexity index is 554. The van der Waals surface area contributed by atoms with Gasteiger partial charge in [0.1, 0.15) is 0 Å². The summed E-state index contributed by atoms with van der Waals surface area (Å²) in [5, 5.41) is 1.03. The molecule has 1 aromatic carbocycles. The number of nitrogens with one attached hydrogen (secondary N) is 1. The molecule has 2 nitrogen and oxygen atoms in total. The van der Waals surface area contributed by atoms with Gasteiger partial charge in [0.2, 0.25) is 0 Å². The second-order valence-corrected chi connectivity index (χ2v) is 5.16. The van der Waals surface area contributed by atoms with Crippen molar-refractivity contribution < 1.29 is 4.79 Å². The van der Waals surface area contributed by atoms with Crippen LogP contribution in [0.5, 0.6) is 0 Å². The lowest BCUT2D eigenvalue weighted by Gasteiger charge is -2.24. The van der Waals surface area contributed by atoms with Crippen LogP contribution in [-0.2, 0) is 0 Å². The highest BCUT2D eigenvalue weighted by molar-refractivity contribution is 9.10. The van der Waals surface area contributed by atoms with Gasteiger partial charge in [0.25, 0.3) is 0 Å². The molecule has 0 radical (unpaired) electrons. The molecule has 82 valence electrons. The maximum absolute atomic E-state index is 11.0. The molecule has 3 rings (SSSR count). The minimum atomic E-state index is 0.640. The van der Waals surface area contributed by atoms with Crippen molar-refractivity contribution in [2.75, 3.05) is 0 Å². The Balaban J connectivity index is 2.25. The predicted octanol–water partition coefficient (Wildman–Crippen LogP) is 4.01. The van der Waals surface area contributed by atoms with Crippen LogP contribution >= 0.6 is 15.9 Å². The molecule has 0 spiro atoms. The highest BCUT2D eigenvalue weighted by atomic mass is 79.9. The minimum Gasteiger partial charge on any atom is -0.357 e. The fourth-order valence-corrected chi connectivity index (χ4v) is 3.20. The molecule has 1 heterocycles. The molecule has 1 fully saturated rings. The summed E-state index contributed by atoms with van der Waals surface area (Å²) in [6.45, 7) is 0. The number of rotatable bonds is 2. The van der Waals surface area contributed by atoms with Crippen molar-refractivity contribution in [1.29, 1.82) is 0 Å². The van der Waals surface area contributed by atoms with Gasteiger partial charge in [-0.3, -0.25) is 4.79 Å². The first kappa shape index (κ1) is 10.1. The van der Waals surface area contributed by atoms with E-state index in [0.717, 1.165) is 27.2 Å². The molecule has 16 heavy (non-hydrogen) atoms. The summed E-state index contributed by atoms with van der Waals surface area (Å²) in [5.41, 5.74) is 3.07. The van der Waals surface area contributed by atoms with E-state index in [-0.39, 0.29) is 0 Å².